The highest BCUT2D eigenvalue weighted by atomic mass is 16.2. The minimum atomic E-state index is -0.231. The van der Waals surface area contributed by atoms with Crippen LogP contribution in [0.15, 0.2) is 60.7 Å². The molecule has 0 saturated carbocycles. The van der Waals surface area contributed by atoms with Crippen LogP contribution in [0.1, 0.15) is 30.5 Å². The van der Waals surface area contributed by atoms with Crippen LogP contribution >= 0.6 is 0 Å². The van der Waals surface area contributed by atoms with Crippen LogP contribution < -0.4 is 16.0 Å². The molecule has 1 unspecified atom stereocenters. The third-order valence-electron chi connectivity index (χ3n) is 6.47. The van der Waals surface area contributed by atoms with Crippen molar-refractivity contribution in [2.45, 2.75) is 32.6 Å². The molecule has 7 nitrogen and oxygen atoms in total. The van der Waals surface area contributed by atoms with E-state index in [0.29, 0.717) is 13.1 Å². The number of aromatic nitrogens is 1. The number of nitrogens with one attached hydrogen (secondary N) is 3. The lowest BCUT2D eigenvalue weighted by Gasteiger charge is -2.32. The number of aryl methyl sites for hydroxylation is 2. The molecular formula is C28H35N5O2. The Morgan fingerprint density at radius 2 is 1.83 bits per heavy atom. The summed E-state index contributed by atoms with van der Waals surface area (Å²) in [7, 11) is 0. The Balaban J connectivity index is 1.17. The number of urea groups is 1. The standard InChI is InChI=1S/C28H35N5O2/c1-21-19-26(24-13-5-6-14-25(24)31-21)32-28(35)30-16-18-33-17-8-12-23(20-33)27(34)29-15-7-11-22-9-3-2-4-10-22/h2-6,9-10,13-14,19,23H,7-8,11-12,15-18,20H2,1H3,(H,29,34)(H2,30,31,32,35). The van der Waals surface area contributed by atoms with E-state index in [9.17, 15) is 9.59 Å². The van der Waals surface area contributed by atoms with Gasteiger partial charge < -0.3 is 20.9 Å². The van der Waals surface area contributed by atoms with Crippen molar-refractivity contribution in [3.05, 3.63) is 71.9 Å². The first-order valence-corrected chi connectivity index (χ1v) is 12.5. The first-order chi connectivity index (χ1) is 17.1. The minimum absolute atomic E-state index is 0.0143. The van der Waals surface area contributed by atoms with Crippen molar-refractivity contribution in [3.63, 3.8) is 0 Å². The third kappa shape index (κ3) is 7.26. The van der Waals surface area contributed by atoms with Gasteiger partial charge in [-0.15, -0.1) is 0 Å². The Bertz CT molecular complexity index is 1130. The molecule has 2 heterocycles. The highest BCUT2D eigenvalue weighted by molar-refractivity contribution is 6.00. The Hall–Kier alpha value is -3.45. The average Bonchev–Trinajstić information content (AvgIpc) is 2.87. The highest BCUT2D eigenvalue weighted by Gasteiger charge is 2.25. The van der Waals surface area contributed by atoms with Crippen LogP contribution in [0.3, 0.4) is 0 Å². The molecule has 1 atom stereocenters. The number of carbonyl (C=O) groups excluding carboxylic acids is 2. The smallest absolute Gasteiger partial charge is 0.319 e. The van der Waals surface area contributed by atoms with Gasteiger partial charge in [0.1, 0.15) is 0 Å². The van der Waals surface area contributed by atoms with Gasteiger partial charge in [-0.05, 0) is 56.8 Å². The predicted octanol–water partition coefficient (Wildman–Crippen LogP) is 4.13. The van der Waals surface area contributed by atoms with Gasteiger partial charge in [-0.1, -0.05) is 48.5 Å². The highest BCUT2D eigenvalue weighted by Crippen LogP contribution is 2.22. The summed E-state index contributed by atoms with van der Waals surface area (Å²) < 4.78 is 0. The third-order valence-corrected chi connectivity index (χ3v) is 6.47. The number of anilines is 1. The van der Waals surface area contributed by atoms with E-state index in [1.165, 1.54) is 5.56 Å². The number of benzene rings is 2. The Morgan fingerprint density at radius 3 is 2.69 bits per heavy atom. The van der Waals surface area contributed by atoms with Gasteiger partial charge in [0, 0.05) is 37.3 Å². The summed E-state index contributed by atoms with van der Waals surface area (Å²) in [5, 5.41) is 9.94. The SMILES string of the molecule is Cc1cc(NC(=O)NCCN2CCCC(C(=O)NCCCc3ccccc3)C2)c2ccccc2n1. The van der Waals surface area contributed by atoms with Crippen LogP contribution in [0.2, 0.25) is 0 Å². The number of rotatable bonds is 9. The van der Waals surface area contributed by atoms with E-state index in [2.05, 4.69) is 38.0 Å². The predicted molar refractivity (Wildman–Crippen MR) is 140 cm³/mol. The molecule has 2 aromatic carbocycles. The zero-order valence-corrected chi connectivity index (χ0v) is 20.4. The van der Waals surface area contributed by atoms with E-state index in [0.717, 1.165) is 67.6 Å². The number of piperidine rings is 1. The Morgan fingerprint density at radius 1 is 1.03 bits per heavy atom. The number of hydrogen-bond donors (Lipinski definition) is 3. The summed E-state index contributed by atoms with van der Waals surface area (Å²) in [5.41, 5.74) is 3.78. The molecule has 35 heavy (non-hydrogen) atoms. The van der Waals surface area contributed by atoms with Gasteiger partial charge in [0.25, 0.3) is 0 Å². The van der Waals surface area contributed by atoms with Gasteiger partial charge in [-0.25, -0.2) is 4.79 Å². The second-order valence-corrected chi connectivity index (χ2v) is 9.23. The van der Waals surface area contributed by atoms with Crippen molar-refractivity contribution in [2.75, 3.05) is 38.0 Å². The number of fused-ring (bicyclic) bond motifs is 1. The number of nitrogens with zero attached hydrogens (tertiary/aromatic N) is 2. The number of likely N-dealkylation sites (tertiary alicyclic amines) is 1. The molecule has 4 rings (SSSR count). The molecule has 0 aliphatic carbocycles. The maximum atomic E-state index is 12.7. The lowest BCUT2D eigenvalue weighted by atomic mass is 9.97. The monoisotopic (exact) mass is 473 g/mol. The summed E-state index contributed by atoms with van der Waals surface area (Å²) in [6, 6.07) is 19.8. The van der Waals surface area contributed by atoms with Crippen molar-refractivity contribution in [1.82, 2.24) is 20.5 Å². The quantitative estimate of drug-likeness (QED) is 0.408. The van der Waals surface area contributed by atoms with E-state index in [-0.39, 0.29) is 17.9 Å². The molecule has 1 aliphatic rings. The second kappa shape index (κ2) is 12.3. The first-order valence-electron chi connectivity index (χ1n) is 12.5. The summed E-state index contributed by atoms with van der Waals surface area (Å²) in [6.07, 6.45) is 3.83. The molecule has 1 saturated heterocycles. The van der Waals surface area contributed by atoms with Crippen molar-refractivity contribution in [1.29, 1.82) is 0 Å². The van der Waals surface area contributed by atoms with Gasteiger partial charge in [-0.3, -0.25) is 9.78 Å². The molecule has 184 valence electrons. The number of hydrogen-bond acceptors (Lipinski definition) is 4. The second-order valence-electron chi connectivity index (χ2n) is 9.23. The zero-order valence-electron chi connectivity index (χ0n) is 20.4. The molecule has 1 fully saturated rings. The lowest BCUT2D eigenvalue weighted by molar-refractivity contribution is -0.126. The lowest BCUT2D eigenvalue weighted by Crippen LogP contribution is -2.45. The van der Waals surface area contributed by atoms with Crippen LogP contribution in [0.4, 0.5) is 10.5 Å². The molecule has 3 amide bonds. The number of para-hydroxylation sites is 1. The van der Waals surface area contributed by atoms with E-state index in [1.807, 2.05) is 55.5 Å². The van der Waals surface area contributed by atoms with Crippen LogP contribution in [-0.4, -0.2) is 54.5 Å². The minimum Gasteiger partial charge on any atom is -0.356 e. The van der Waals surface area contributed by atoms with Gasteiger partial charge in [-0.2, -0.15) is 0 Å². The van der Waals surface area contributed by atoms with Gasteiger partial charge in [0.2, 0.25) is 5.91 Å². The van der Waals surface area contributed by atoms with E-state index in [4.69, 9.17) is 0 Å². The van der Waals surface area contributed by atoms with Crippen LogP contribution in [-0.2, 0) is 11.2 Å². The maximum Gasteiger partial charge on any atom is 0.319 e. The molecule has 0 spiro atoms. The summed E-state index contributed by atoms with van der Waals surface area (Å²) in [4.78, 5) is 31.9. The first kappa shape index (κ1) is 24.7. The van der Waals surface area contributed by atoms with Crippen molar-refractivity contribution in [3.8, 4) is 0 Å². The molecule has 3 aromatic rings. The Kier molecular flexibility index (Phi) is 8.68. The fraction of sp³-hybridized carbons (Fsp3) is 0.393. The molecule has 7 heteroatoms. The summed E-state index contributed by atoms with van der Waals surface area (Å²) in [5.74, 6) is 0.161. The van der Waals surface area contributed by atoms with E-state index < -0.39 is 0 Å². The normalized spacial score (nSPS) is 16.1. The van der Waals surface area contributed by atoms with E-state index in [1.54, 1.807) is 0 Å². The van der Waals surface area contributed by atoms with Crippen LogP contribution in [0.25, 0.3) is 10.9 Å². The van der Waals surface area contributed by atoms with Gasteiger partial charge >= 0.3 is 6.03 Å². The van der Waals surface area contributed by atoms with Crippen molar-refractivity contribution < 1.29 is 9.59 Å². The fourth-order valence-electron chi connectivity index (χ4n) is 4.67. The summed E-state index contributed by atoms with van der Waals surface area (Å²) >= 11 is 0. The van der Waals surface area contributed by atoms with Crippen LogP contribution in [0, 0.1) is 12.8 Å². The van der Waals surface area contributed by atoms with Crippen molar-refractivity contribution in [2.24, 2.45) is 5.92 Å². The topological polar surface area (TPSA) is 86.4 Å². The summed E-state index contributed by atoms with van der Waals surface area (Å²) in [6.45, 7) is 5.56. The largest absolute Gasteiger partial charge is 0.356 e. The number of carbonyl (C=O) groups is 2. The van der Waals surface area contributed by atoms with Gasteiger partial charge in [0.15, 0.2) is 0 Å². The van der Waals surface area contributed by atoms with E-state index >= 15 is 0 Å². The number of amides is 3. The molecule has 3 N–H and O–H groups in total. The molecule has 0 radical (unpaired) electrons. The zero-order chi connectivity index (χ0) is 24.5. The van der Waals surface area contributed by atoms with Crippen LogP contribution in [0.5, 0.6) is 0 Å². The van der Waals surface area contributed by atoms with Gasteiger partial charge in [0.05, 0.1) is 17.1 Å². The molecule has 1 aromatic heterocycles. The Labute approximate surface area is 207 Å². The number of pyridine rings is 1. The molecule has 0 bridgehead atoms. The molecule has 1 aliphatic heterocycles. The fourth-order valence-corrected chi connectivity index (χ4v) is 4.67. The van der Waals surface area contributed by atoms with Crippen molar-refractivity contribution >= 4 is 28.5 Å². The average molecular weight is 474 g/mol. The molecular weight excluding hydrogens is 438 g/mol. The maximum absolute atomic E-state index is 12.7.